The molecule has 0 unspecified atom stereocenters. The average Bonchev–Trinajstić information content (AvgIpc) is 3.67. The lowest BCUT2D eigenvalue weighted by atomic mass is 10.0. The standard InChI is InChI=1S/C41H23N3OS/c1-2-9-25-20-28(17-16-24(25)8-1)39-42-40(44-41(43-39)31-13-7-15-37-38(31)30-12-5-6-14-36(30)46-37)29-18-19-34-32(22-29)33-21-26-10-3-4-11-27(26)23-35(33)45-34/h1-23H. The molecule has 46 heavy (non-hydrogen) atoms. The minimum atomic E-state index is 0.627. The van der Waals surface area contributed by atoms with E-state index in [1.807, 2.05) is 12.1 Å². The summed E-state index contributed by atoms with van der Waals surface area (Å²) in [5.74, 6) is 1.93. The van der Waals surface area contributed by atoms with Crippen molar-refractivity contribution >= 4 is 75.0 Å². The molecule has 0 aliphatic rings. The first-order valence-electron chi connectivity index (χ1n) is 15.3. The minimum Gasteiger partial charge on any atom is -0.456 e. The van der Waals surface area contributed by atoms with Gasteiger partial charge in [0.1, 0.15) is 11.2 Å². The molecule has 7 aromatic carbocycles. The Hall–Kier alpha value is -5.91. The summed E-state index contributed by atoms with van der Waals surface area (Å²) < 4.78 is 8.77. The molecule has 0 fully saturated rings. The maximum Gasteiger partial charge on any atom is 0.164 e. The molecule has 0 spiro atoms. The predicted octanol–water partition coefficient (Wildman–Crippen LogP) is 11.4. The van der Waals surface area contributed by atoms with Crippen LogP contribution >= 0.6 is 11.3 Å². The number of aromatic nitrogens is 3. The SMILES string of the molecule is c1ccc2cc(-c3nc(-c4ccc5oc6cc7ccccc7cc6c5c4)nc(-c4cccc5sc6ccccc6c45)n3)ccc2c1. The number of fused-ring (bicyclic) bond motifs is 8. The topological polar surface area (TPSA) is 51.8 Å². The number of hydrogen-bond acceptors (Lipinski definition) is 5. The van der Waals surface area contributed by atoms with Gasteiger partial charge in [0.25, 0.3) is 0 Å². The molecule has 0 saturated heterocycles. The van der Waals surface area contributed by atoms with Crippen LogP contribution in [0.4, 0.5) is 0 Å². The quantitative estimate of drug-likeness (QED) is 0.201. The molecule has 0 radical (unpaired) electrons. The largest absolute Gasteiger partial charge is 0.456 e. The Balaban J connectivity index is 1.23. The molecule has 4 nitrogen and oxygen atoms in total. The third-order valence-electron chi connectivity index (χ3n) is 8.88. The van der Waals surface area contributed by atoms with Crippen molar-refractivity contribution in [3.63, 3.8) is 0 Å². The van der Waals surface area contributed by atoms with Crippen molar-refractivity contribution in [2.24, 2.45) is 0 Å². The average molecular weight is 606 g/mol. The molecule has 3 heterocycles. The van der Waals surface area contributed by atoms with Crippen LogP contribution < -0.4 is 0 Å². The van der Waals surface area contributed by atoms with Gasteiger partial charge in [0.05, 0.1) is 0 Å². The zero-order valence-corrected chi connectivity index (χ0v) is 25.3. The van der Waals surface area contributed by atoms with Gasteiger partial charge in [-0.2, -0.15) is 0 Å². The maximum atomic E-state index is 6.31. The van der Waals surface area contributed by atoms with Gasteiger partial charge in [0, 0.05) is 47.6 Å². The van der Waals surface area contributed by atoms with Gasteiger partial charge < -0.3 is 4.42 Å². The van der Waals surface area contributed by atoms with Gasteiger partial charge in [0.15, 0.2) is 17.5 Å². The van der Waals surface area contributed by atoms with Crippen molar-refractivity contribution in [2.75, 3.05) is 0 Å². The molecular weight excluding hydrogens is 583 g/mol. The van der Waals surface area contributed by atoms with Gasteiger partial charge in [-0.15, -0.1) is 11.3 Å². The highest BCUT2D eigenvalue weighted by Crippen LogP contribution is 2.40. The van der Waals surface area contributed by atoms with Crippen LogP contribution in [0.25, 0.3) is 97.8 Å². The van der Waals surface area contributed by atoms with E-state index in [0.29, 0.717) is 17.5 Å². The van der Waals surface area contributed by atoms with Crippen molar-refractivity contribution in [1.82, 2.24) is 15.0 Å². The van der Waals surface area contributed by atoms with E-state index < -0.39 is 0 Å². The summed E-state index contributed by atoms with van der Waals surface area (Å²) in [5, 5.41) is 9.17. The molecular formula is C41H23N3OS. The second-order valence-electron chi connectivity index (χ2n) is 11.7. The van der Waals surface area contributed by atoms with Gasteiger partial charge in [0.2, 0.25) is 0 Å². The molecule has 10 rings (SSSR count). The monoisotopic (exact) mass is 605 g/mol. The summed E-state index contributed by atoms with van der Waals surface area (Å²) in [4.78, 5) is 15.4. The van der Waals surface area contributed by atoms with Crippen molar-refractivity contribution in [2.45, 2.75) is 0 Å². The van der Waals surface area contributed by atoms with Crippen LogP contribution in [0, 0.1) is 0 Å². The number of nitrogens with zero attached hydrogens (tertiary/aromatic N) is 3. The zero-order valence-electron chi connectivity index (χ0n) is 24.4. The summed E-state index contributed by atoms with van der Waals surface area (Å²) in [6.45, 7) is 0. The fourth-order valence-electron chi connectivity index (χ4n) is 6.65. The Bertz CT molecular complexity index is 2830. The van der Waals surface area contributed by atoms with Crippen LogP contribution in [-0.2, 0) is 0 Å². The smallest absolute Gasteiger partial charge is 0.164 e. The highest BCUT2D eigenvalue weighted by atomic mass is 32.1. The maximum absolute atomic E-state index is 6.31. The Morgan fingerprint density at radius 2 is 1.04 bits per heavy atom. The number of furan rings is 1. The van der Waals surface area contributed by atoms with E-state index in [-0.39, 0.29) is 0 Å². The molecule has 0 saturated carbocycles. The highest BCUT2D eigenvalue weighted by Gasteiger charge is 2.18. The van der Waals surface area contributed by atoms with Crippen LogP contribution in [0.3, 0.4) is 0 Å². The highest BCUT2D eigenvalue weighted by molar-refractivity contribution is 7.25. The lowest BCUT2D eigenvalue weighted by molar-refractivity contribution is 0.669. The van der Waals surface area contributed by atoms with Gasteiger partial charge in [-0.05, 0) is 70.1 Å². The second-order valence-corrected chi connectivity index (χ2v) is 12.7. The molecule has 0 amide bonds. The second kappa shape index (κ2) is 9.80. The van der Waals surface area contributed by atoms with Gasteiger partial charge in [-0.3, -0.25) is 0 Å². The molecule has 10 aromatic rings. The zero-order chi connectivity index (χ0) is 30.2. The molecule has 0 N–H and O–H groups in total. The third-order valence-corrected chi connectivity index (χ3v) is 10.0. The summed E-state index contributed by atoms with van der Waals surface area (Å²) >= 11 is 1.80. The van der Waals surface area contributed by atoms with Gasteiger partial charge in [-0.25, -0.2) is 15.0 Å². The Labute approximate surface area is 267 Å². The molecule has 214 valence electrons. The first-order chi connectivity index (χ1) is 22.7. The summed E-state index contributed by atoms with van der Waals surface area (Å²) in [5.41, 5.74) is 4.58. The first-order valence-corrected chi connectivity index (χ1v) is 16.1. The fourth-order valence-corrected chi connectivity index (χ4v) is 7.78. The van der Waals surface area contributed by atoms with Crippen LogP contribution in [-0.4, -0.2) is 15.0 Å². The van der Waals surface area contributed by atoms with E-state index >= 15 is 0 Å². The Kier molecular flexibility index (Phi) is 5.41. The molecule has 0 aliphatic carbocycles. The van der Waals surface area contributed by atoms with E-state index in [9.17, 15) is 0 Å². The van der Waals surface area contributed by atoms with Crippen molar-refractivity contribution < 1.29 is 4.42 Å². The number of thiophene rings is 1. The predicted molar refractivity (Wildman–Crippen MR) is 191 cm³/mol. The molecule has 3 aromatic heterocycles. The fraction of sp³-hybridized carbons (Fsp3) is 0. The van der Waals surface area contributed by atoms with E-state index in [1.54, 1.807) is 11.3 Å². The van der Waals surface area contributed by atoms with Crippen molar-refractivity contribution in [1.29, 1.82) is 0 Å². The number of rotatable bonds is 3. The van der Waals surface area contributed by atoms with E-state index in [2.05, 4.69) is 127 Å². The van der Waals surface area contributed by atoms with E-state index in [1.165, 1.54) is 30.9 Å². The Morgan fingerprint density at radius 1 is 0.413 bits per heavy atom. The van der Waals surface area contributed by atoms with Crippen LogP contribution in [0.2, 0.25) is 0 Å². The van der Waals surface area contributed by atoms with Crippen molar-refractivity contribution in [3.8, 4) is 34.2 Å². The molecule has 0 aliphatic heterocycles. The summed E-state index contributed by atoms with van der Waals surface area (Å²) in [7, 11) is 0. The van der Waals surface area contributed by atoms with Crippen LogP contribution in [0.1, 0.15) is 0 Å². The molecule has 5 heteroatoms. The number of benzene rings is 7. The van der Waals surface area contributed by atoms with E-state index in [0.717, 1.165) is 49.4 Å². The molecule has 0 atom stereocenters. The van der Waals surface area contributed by atoms with Crippen LogP contribution in [0.15, 0.2) is 144 Å². The van der Waals surface area contributed by atoms with Crippen molar-refractivity contribution in [3.05, 3.63) is 140 Å². The summed E-state index contributed by atoms with van der Waals surface area (Å²) in [6.07, 6.45) is 0. The first kappa shape index (κ1) is 25.4. The van der Waals surface area contributed by atoms with Gasteiger partial charge >= 0.3 is 0 Å². The summed E-state index contributed by atoms with van der Waals surface area (Å²) in [6, 6.07) is 48.7. The lowest BCUT2D eigenvalue weighted by Crippen LogP contribution is -2.00. The van der Waals surface area contributed by atoms with E-state index in [4.69, 9.17) is 19.4 Å². The van der Waals surface area contributed by atoms with Crippen LogP contribution in [0.5, 0.6) is 0 Å². The van der Waals surface area contributed by atoms with Gasteiger partial charge in [-0.1, -0.05) is 91.0 Å². The Morgan fingerprint density at radius 3 is 1.89 bits per heavy atom. The lowest BCUT2D eigenvalue weighted by Gasteiger charge is -2.10. The molecule has 0 bridgehead atoms. The third kappa shape index (κ3) is 3.96. The normalized spacial score (nSPS) is 11.9. The minimum absolute atomic E-state index is 0.627. The number of hydrogen-bond donors (Lipinski definition) is 0.